The fraction of sp³-hybridized carbons (Fsp3) is 0.529. The van der Waals surface area contributed by atoms with Gasteiger partial charge in [0.2, 0.25) is 5.91 Å². The summed E-state index contributed by atoms with van der Waals surface area (Å²) in [5, 5.41) is 11.6. The fourth-order valence-electron chi connectivity index (χ4n) is 2.82. The van der Waals surface area contributed by atoms with Crippen LogP contribution >= 0.6 is 0 Å². The van der Waals surface area contributed by atoms with Gasteiger partial charge in [-0.2, -0.15) is 0 Å². The van der Waals surface area contributed by atoms with Crippen LogP contribution in [0.25, 0.3) is 0 Å². The molecule has 1 aliphatic carbocycles. The van der Waals surface area contributed by atoms with Crippen LogP contribution in [0.3, 0.4) is 0 Å². The average molecular weight is 286 g/mol. The van der Waals surface area contributed by atoms with E-state index in [0.717, 1.165) is 24.8 Å². The summed E-state index contributed by atoms with van der Waals surface area (Å²) in [5.74, 6) is 6.44. The normalized spacial score (nSPS) is 19.7. The molecule has 1 saturated carbocycles. The molecule has 1 atom stereocenters. The second-order valence-electron chi connectivity index (χ2n) is 6.13. The molecule has 2 N–H and O–H groups in total. The Bertz CT molecular complexity index is 570. The van der Waals surface area contributed by atoms with Crippen LogP contribution in [0.4, 0.5) is 5.82 Å². The van der Waals surface area contributed by atoms with Crippen LogP contribution < -0.4 is 5.32 Å². The van der Waals surface area contributed by atoms with Crippen molar-refractivity contribution in [1.29, 1.82) is 0 Å². The van der Waals surface area contributed by atoms with E-state index in [4.69, 9.17) is 5.11 Å². The third-order valence-corrected chi connectivity index (χ3v) is 4.05. The van der Waals surface area contributed by atoms with Crippen LogP contribution in [-0.4, -0.2) is 22.6 Å². The van der Waals surface area contributed by atoms with Gasteiger partial charge in [0.25, 0.3) is 0 Å². The molecule has 1 fully saturated rings. The zero-order valence-electron chi connectivity index (χ0n) is 12.6. The zero-order valence-corrected chi connectivity index (χ0v) is 12.6. The van der Waals surface area contributed by atoms with Gasteiger partial charge < -0.3 is 10.4 Å². The number of hydrogen-bond acceptors (Lipinski definition) is 3. The highest BCUT2D eigenvalue weighted by molar-refractivity contribution is 5.92. The van der Waals surface area contributed by atoms with Crippen molar-refractivity contribution in [3.8, 4) is 11.8 Å². The first-order valence-electron chi connectivity index (χ1n) is 7.39. The monoisotopic (exact) mass is 286 g/mol. The van der Waals surface area contributed by atoms with E-state index in [0.29, 0.717) is 12.2 Å². The number of rotatable bonds is 3. The number of anilines is 1. The molecule has 4 heteroatoms. The molecule has 0 saturated heterocycles. The lowest BCUT2D eigenvalue weighted by Crippen LogP contribution is -2.31. The summed E-state index contributed by atoms with van der Waals surface area (Å²) < 4.78 is 0. The highest BCUT2D eigenvalue weighted by atomic mass is 16.2. The maximum absolute atomic E-state index is 12.4. The molecule has 0 aliphatic heterocycles. The molecule has 1 aromatic heterocycles. The van der Waals surface area contributed by atoms with Gasteiger partial charge in [-0.05, 0) is 30.4 Å². The predicted molar refractivity (Wildman–Crippen MR) is 82.6 cm³/mol. The number of aliphatic hydroxyl groups is 1. The van der Waals surface area contributed by atoms with Crippen LogP contribution in [0.2, 0.25) is 0 Å². The van der Waals surface area contributed by atoms with E-state index >= 15 is 0 Å². The minimum Gasteiger partial charge on any atom is -0.395 e. The molecule has 1 aliphatic rings. The maximum atomic E-state index is 12.4. The molecular formula is C17H22N2O2. The first-order chi connectivity index (χ1) is 10.0. The van der Waals surface area contributed by atoms with Gasteiger partial charge >= 0.3 is 0 Å². The predicted octanol–water partition coefficient (Wildman–Crippen LogP) is 2.58. The second-order valence-corrected chi connectivity index (χ2v) is 6.13. The number of aromatic nitrogens is 1. The van der Waals surface area contributed by atoms with E-state index in [9.17, 15) is 4.79 Å². The van der Waals surface area contributed by atoms with Gasteiger partial charge in [-0.3, -0.25) is 4.79 Å². The molecule has 1 aromatic rings. The van der Waals surface area contributed by atoms with Crippen molar-refractivity contribution in [2.24, 2.45) is 11.3 Å². The van der Waals surface area contributed by atoms with E-state index < -0.39 is 0 Å². The third-order valence-electron chi connectivity index (χ3n) is 4.05. The molecule has 112 valence electrons. The minimum absolute atomic E-state index is 0.0448. The molecule has 0 bridgehead atoms. The Morgan fingerprint density at radius 2 is 2.38 bits per heavy atom. The molecule has 4 nitrogen and oxygen atoms in total. The number of pyridine rings is 1. The van der Waals surface area contributed by atoms with Crippen molar-refractivity contribution in [3.05, 3.63) is 23.9 Å². The van der Waals surface area contributed by atoms with Crippen molar-refractivity contribution in [2.75, 3.05) is 11.9 Å². The summed E-state index contributed by atoms with van der Waals surface area (Å²) in [7, 11) is 0. The van der Waals surface area contributed by atoms with Crippen LogP contribution in [0.15, 0.2) is 18.3 Å². The summed E-state index contributed by atoms with van der Waals surface area (Å²) in [6.45, 7) is 4.35. The van der Waals surface area contributed by atoms with Crippen LogP contribution in [-0.2, 0) is 4.79 Å². The number of nitrogens with one attached hydrogen (secondary N) is 1. The lowest BCUT2D eigenvalue weighted by Gasteiger charge is -2.25. The van der Waals surface area contributed by atoms with Gasteiger partial charge in [0.15, 0.2) is 0 Å². The van der Waals surface area contributed by atoms with Gasteiger partial charge in [-0.15, -0.1) is 0 Å². The molecule has 0 radical (unpaired) electrons. The Morgan fingerprint density at radius 1 is 1.57 bits per heavy atom. The maximum Gasteiger partial charge on any atom is 0.229 e. The van der Waals surface area contributed by atoms with Crippen LogP contribution in [0.1, 0.15) is 45.1 Å². The smallest absolute Gasteiger partial charge is 0.229 e. The van der Waals surface area contributed by atoms with Gasteiger partial charge in [0.1, 0.15) is 5.82 Å². The summed E-state index contributed by atoms with van der Waals surface area (Å²) in [6.07, 6.45) is 5.21. The largest absolute Gasteiger partial charge is 0.395 e. The first-order valence-corrected chi connectivity index (χ1v) is 7.39. The van der Waals surface area contributed by atoms with Crippen LogP contribution in [0, 0.1) is 23.2 Å². The number of carbonyl (C=O) groups is 1. The van der Waals surface area contributed by atoms with Crippen LogP contribution in [0.5, 0.6) is 0 Å². The molecule has 0 spiro atoms. The first kappa shape index (κ1) is 15.5. The van der Waals surface area contributed by atoms with Gasteiger partial charge in [-0.25, -0.2) is 4.98 Å². The van der Waals surface area contributed by atoms with Crippen molar-refractivity contribution in [3.63, 3.8) is 0 Å². The Balaban J connectivity index is 2.05. The molecule has 21 heavy (non-hydrogen) atoms. The number of hydrogen-bond donors (Lipinski definition) is 2. The molecule has 1 heterocycles. The average Bonchev–Trinajstić information content (AvgIpc) is 2.79. The summed E-state index contributed by atoms with van der Waals surface area (Å²) in [5.41, 5.74) is 0.849. The fourth-order valence-corrected chi connectivity index (χ4v) is 2.82. The number of aliphatic hydroxyl groups excluding tert-OH is 1. The molecule has 1 unspecified atom stereocenters. The van der Waals surface area contributed by atoms with E-state index in [1.165, 1.54) is 0 Å². The Morgan fingerprint density at radius 3 is 3.05 bits per heavy atom. The van der Waals surface area contributed by atoms with E-state index in [1.54, 1.807) is 18.3 Å². The Hall–Kier alpha value is -1.86. The topological polar surface area (TPSA) is 62.2 Å². The Kier molecular flexibility index (Phi) is 4.98. The van der Waals surface area contributed by atoms with E-state index in [-0.39, 0.29) is 23.8 Å². The standard InChI is InChI=1S/C17H22N2O2/c1-17(2)9-5-7-14(17)16(21)19-15-12-13(8-10-18-15)6-3-4-11-20/h8,10,12,14,20H,4-5,7,9,11H2,1-2H3,(H,18,19,21). The highest BCUT2D eigenvalue weighted by Crippen LogP contribution is 2.42. The van der Waals surface area contributed by atoms with E-state index in [1.807, 2.05) is 0 Å². The van der Waals surface area contributed by atoms with E-state index in [2.05, 4.69) is 36.0 Å². The SMILES string of the molecule is CC1(C)CCCC1C(=O)Nc1cc(C#CCCO)ccn1. The number of nitrogens with zero attached hydrogens (tertiary/aromatic N) is 1. The highest BCUT2D eigenvalue weighted by Gasteiger charge is 2.39. The minimum atomic E-state index is 0.0448. The summed E-state index contributed by atoms with van der Waals surface area (Å²) in [4.78, 5) is 16.6. The van der Waals surface area contributed by atoms with Crippen molar-refractivity contribution >= 4 is 11.7 Å². The third kappa shape index (κ3) is 4.05. The van der Waals surface area contributed by atoms with Crippen molar-refractivity contribution in [2.45, 2.75) is 39.5 Å². The second kappa shape index (κ2) is 6.73. The quantitative estimate of drug-likeness (QED) is 0.840. The lowest BCUT2D eigenvalue weighted by atomic mass is 9.81. The summed E-state index contributed by atoms with van der Waals surface area (Å²) in [6, 6.07) is 3.56. The molecular weight excluding hydrogens is 264 g/mol. The van der Waals surface area contributed by atoms with Crippen molar-refractivity contribution < 1.29 is 9.90 Å². The summed E-state index contributed by atoms with van der Waals surface area (Å²) >= 11 is 0. The zero-order chi connectivity index (χ0) is 15.3. The van der Waals surface area contributed by atoms with Crippen molar-refractivity contribution in [1.82, 2.24) is 4.98 Å². The molecule has 1 amide bonds. The van der Waals surface area contributed by atoms with Gasteiger partial charge in [-0.1, -0.05) is 32.1 Å². The molecule has 2 rings (SSSR count). The number of amides is 1. The lowest BCUT2D eigenvalue weighted by molar-refractivity contribution is -0.122. The number of carbonyl (C=O) groups excluding carboxylic acids is 1. The van der Waals surface area contributed by atoms with Gasteiger partial charge in [0, 0.05) is 24.1 Å². The van der Waals surface area contributed by atoms with Gasteiger partial charge in [0.05, 0.1) is 6.61 Å². The molecule has 0 aromatic carbocycles. The Labute approximate surface area is 126 Å².